The SMILES string of the molecule is CCCNc1ncc(C)c(-n2nc(C)cc2C)n1. The number of nitrogens with one attached hydrogen (secondary N) is 1. The normalized spacial score (nSPS) is 10.7. The Bertz CT molecular complexity index is 544. The molecule has 0 aliphatic rings. The van der Waals surface area contributed by atoms with Gasteiger partial charge in [-0.05, 0) is 33.3 Å². The number of aromatic nitrogens is 4. The minimum absolute atomic E-state index is 0.657. The van der Waals surface area contributed by atoms with Gasteiger partial charge in [-0.2, -0.15) is 10.1 Å². The molecule has 0 saturated heterocycles. The summed E-state index contributed by atoms with van der Waals surface area (Å²) in [5.74, 6) is 1.50. The van der Waals surface area contributed by atoms with Crippen molar-refractivity contribution in [3.8, 4) is 5.82 Å². The standard InChI is InChI=1S/C13H19N5/c1-5-6-14-13-15-8-9(2)12(16-13)18-11(4)7-10(3)17-18/h7-8H,5-6H2,1-4H3,(H,14,15,16). The summed E-state index contributed by atoms with van der Waals surface area (Å²) in [7, 11) is 0. The monoisotopic (exact) mass is 245 g/mol. The van der Waals surface area contributed by atoms with Crippen molar-refractivity contribution in [1.82, 2.24) is 19.7 Å². The minimum atomic E-state index is 0.657. The molecule has 2 aromatic rings. The molecule has 2 rings (SSSR count). The van der Waals surface area contributed by atoms with E-state index in [0.29, 0.717) is 5.95 Å². The van der Waals surface area contributed by atoms with Crippen LogP contribution in [0.25, 0.3) is 5.82 Å². The van der Waals surface area contributed by atoms with Crippen molar-refractivity contribution in [2.45, 2.75) is 34.1 Å². The Kier molecular flexibility index (Phi) is 3.60. The van der Waals surface area contributed by atoms with Crippen molar-refractivity contribution >= 4 is 5.95 Å². The predicted octanol–water partition coefficient (Wildman–Crippen LogP) is 2.41. The third-order valence-corrected chi connectivity index (χ3v) is 2.69. The van der Waals surface area contributed by atoms with Crippen LogP contribution >= 0.6 is 0 Å². The zero-order valence-electron chi connectivity index (χ0n) is 11.4. The van der Waals surface area contributed by atoms with Crippen LogP contribution in [0.2, 0.25) is 0 Å². The fraction of sp³-hybridized carbons (Fsp3) is 0.462. The molecule has 0 aliphatic heterocycles. The summed E-state index contributed by atoms with van der Waals surface area (Å²) >= 11 is 0. The van der Waals surface area contributed by atoms with E-state index in [1.54, 1.807) is 0 Å². The first-order valence-electron chi connectivity index (χ1n) is 6.23. The quantitative estimate of drug-likeness (QED) is 0.898. The van der Waals surface area contributed by atoms with Gasteiger partial charge in [-0.1, -0.05) is 6.92 Å². The molecule has 2 aromatic heterocycles. The van der Waals surface area contributed by atoms with E-state index in [1.807, 2.05) is 37.7 Å². The van der Waals surface area contributed by atoms with E-state index in [-0.39, 0.29) is 0 Å². The molecule has 0 fully saturated rings. The van der Waals surface area contributed by atoms with Crippen molar-refractivity contribution in [3.63, 3.8) is 0 Å². The number of rotatable bonds is 4. The van der Waals surface area contributed by atoms with Gasteiger partial charge >= 0.3 is 0 Å². The van der Waals surface area contributed by atoms with E-state index in [2.05, 4.69) is 27.3 Å². The molecule has 0 radical (unpaired) electrons. The van der Waals surface area contributed by atoms with Gasteiger partial charge in [-0.15, -0.1) is 0 Å². The Morgan fingerprint density at radius 3 is 2.67 bits per heavy atom. The Labute approximate surface area is 107 Å². The maximum absolute atomic E-state index is 4.53. The van der Waals surface area contributed by atoms with Crippen LogP contribution in [0.4, 0.5) is 5.95 Å². The number of hydrogen-bond acceptors (Lipinski definition) is 4. The third kappa shape index (κ3) is 2.50. The van der Waals surface area contributed by atoms with Gasteiger partial charge in [0.15, 0.2) is 5.82 Å². The summed E-state index contributed by atoms with van der Waals surface area (Å²) in [6.45, 7) is 9.00. The van der Waals surface area contributed by atoms with Gasteiger partial charge in [0.25, 0.3) is 0 Å². The molecule has 1 N–H and O–H groups in total. The van der Waals surface area contributed by atoms with Crippen LogP contribution in [0.1, 0.15) is 30.3 Å². The fourth-order valence-electron chi connectivity index (χ4n) is 1.81. The first kappa shape index (κ1) is 12.5. The topological polar surface area (TPSA) is 55.6 Å². The second-order valence-electron chi connectivity index (χ2n) is 4.47. The van der Waals surface area contributed by atoms with Crippen LogP contribution < -0.4 is 5.32 Å². The van der Waals surface area contributed by atoms with Crippen LogP contribution in [0, 0.1) is 20.8 Å². The predicted molar refractivity (Wildman–Crippen MR) is 72.1 cm³/mol. The summed E-state index contributed by atoms with van der Waals surface area (Å²) in [4.78, 5) is 8.81. The number of hydrogen-bond donors (Lipinski definition) is 1. The summed E-state index contributed by atoms with van der Waals surface area (Å²) in [6.07, 6.45) is 2.88. The van der Waals surface area contributed by atoms with Crippen molar-refractivity contribution in [3.05, 3.63) is 29.2 Å². The third-order valence-electron chi connectivity index (χ3n) is 2.69. The molecule has 0 amide bonds. The highest BCUT2D eigenvalue weighted by Gasteiger charge is 2.09. The zero-order chi connectivity index (χ0) is 13.1. The van der Waals surface area contributed by atoms with E-state index in [9.17, 15) is 0 Å². The van der Waals surface area contributed by atoms with E-state index in [0.717, 1.165) is 35.7 Å². The fourth-order valence-corrected chi connectivity index (χ4v) is 1.81. The highest BCUT2D eigenvalue weighted by Crippen LogP contribution is 2.15. The molecule has 96 valence electrons. The molecule has 0 spiro atoms. The van der Waals surface area contributed by atoms with E-state index < -0.39 is 0 Å². The molecule has 0 unspecified atom stereocenters. The highest BCUT2D eigenvalue weighted by atomic mass is 15.3. The lowest BCUT2D eigenvalue weighted by Crippen LogP contribution is -2.10. The van der Waals surface area contributed by atoms with Crippen LogP contribution in [-0.4, -0.2) is 26.3 Å². The zero-order valence-corrected chi connectivity index (χ0v) is 11.4. The van der Waals surface area contributed by atoms with Crippen molar-refractivity contribution in [2.24, 2.45) is 0 Å². The van der Waals surface area contributed by atoms with Gasteiger partial charge in [-0.3, -0.25) is 0 Å². The lowest BCUT2D eigenvalue weighted by molar-refractivity contribution is 0.791. The first-order chi connectivity index (χ1) is 8.61. The minimum Gasteiger partial charge on any atom is -0.354 e. The van der Waals surface area contributed by atoms with Crippen LogP contribution in [0.15, 0.2) is 12.3 Å². The van der Waals surface area contributed by atoms with Gasteiger partial charge in [0, 0.05) is 24.0 Å². The molecule has 0 saturated carbocycles. The van der Waals surface area contributed by atoms with Crippen LogP contribution in [-0.2, 0) is 0 Å². The second kappa shape index (κ2) is 5.16. The maximum atomic E-state index is 4.53. The lowest BCUT2D eigenvalue weighted by Gasteiger charge is -2.09. The Morgan fingerprint density at radius 2 is 2.06 bits per heavy atom. The summed E-state index contributed by atoms with van der Waals surface area (Å²) < 4.78 is 1.86. The van der Waals surface area contributed by atoms with E-state index >= 15 is 0 Å². The van der Waals surface area contributed by atoms with Crippen molar-refractivity contribution < 1.29 is 0 Å². The Morgan fingerprint density at radius 1 is 1.28 bits per heavy atom. The molecule has 0 aliphatic carbocycles. The van der Waals surface area contributed by atoms with Crippen LogP contribution in [0.5, 0.6) is 0 Å². The van der Waals surface area contributed by atoms with Gasteiger partial charge < -0.3 is 5.32 Å². The average Bonchev–Trinajstić information content (AvgIpc) is 2.67. The molecule has 18 heavy (non-hydrogen) atoms. The molecular formula is C13H19N5. The Hall–Kier alpha value is -1.91. The number of aryl methyl sites for hydroxylation is 3. The maximum Gasteiger partial charge on any atom is 0.224 e. The van der Waals surface area contributed by atoms with Gasteiger partial charge in [-0.25, -0.2) is 9.67 Å². The second-order valence-corrected chi connectivity index (χ2v) is 4.47. The van der Waals surface area contributed by atoms with E-state index in [4.69, 9.17) is 0 Å². The molecule has 5 heteroatoms. The molecule has 0 bridgehead atoms. The van der Waals surface area contributed by atoms with Gasteiger partial charge in [0.1, 0.15) is 0 Å². The molecule has 0 atom stereocenters. The van der Waals surface area contributed by atoms with E-state index in [1.165, 1.54) is 0 Å². The number of anilines is 1. The first-order valence-corrected chi connectivity index (χ1v) is 6.23. The van der Waals surface area contributed by atoms with Gasteiger partial charge in [0.05, 0.1) is 5.69 Å². The van der Waals surface area contributed by atoms with Gasteiger partial charge in [0.2, 0.25) is 5.95 Å². The summed E-state index contributed by atoms with van der Waals surface area (Å²) in [5, 5.41) is 7.66. The highest BCUT2D eigenvalue weighted by molar-refractivity contribution is 5.38. The smallest absolute Gasteiger partial charge is 0.224 e. The average molecular weight is 245 g/mol. The summed E-state index contributed by atoms with van der Waals surface area (Å²) in [6, 6.07) is 2.04. The molecule has 0 aromatic carbocycles. The Balaban J connectivity index is 2.40. The van der Waals surface area contributed by atoms with Crippen molar-refractivity contribution in [1.29, 1.82) is 0 Å². The largest absolute Gasteiger partial charge is 0.354 e. The molecular weight excluding hydrogens is 226 g/mol. The summed E-state index contributed by atoms with van der Waals surface area (Å²) in [5.41, 5.74) is 3.09. The molecule has 2 heterocycles. The van der Waals surface area contributed by atoms with Crippen LogP contribution in [0.3, 0.4) is 0 Å². The molecule has 5 nitrogen and oxygen atoms in total. The lowest BCUT2D eigenvalue weighted by atomic mass is 10.3. The van der Waals surface area contributed by atoms with Crippen molar-refractivity contribution in [2.75, 3.05) is 11.9 Å². The number of nitrogens with zero attached hydrogens (tertiary/aromatic N) is 4.